The highest BCUT2D eigenvalue weighted by molar-refractivity contribution is 5.87. The number of nitrogens with zero attached hydrogens (tertiary/aromatic N) is 1. The van der Waals surface area contributed by atoms with E-state index in [1.54, 1.807) is 6.92 Å². The van der Waals surface area contributed by atoms with E-state index in [0.717, 1.165) is 13.0 Å². The third-order valence-electron chi connectivity index (χ3n) is 3.92. The molecule has 0 aromatic carbocycles. The molecular formula is C20H35NO5. The summed E-state index contributed by atoms with van der Waals surface area (Å²) in [6, 6.07) is 0.946. The Labute approximate surface area is 157 Å². The van der Waals surface area contributed by atoms with Crippen molar-refractivity contribution in [2.24, 2.45) is 0 Å². The van der Waals surface area contributed by atoms with Gasteiger partial charge in [0.15, 0.2) is 0 Å². The summed E-state index contributed by atoms with van der Waals surface area (Å²) in [6.07, 6.45) is 3.36. The molecule has 1 atom stereocenters. The minimum atomic E-state index is -0.925. The van der Waals surface area contributed by atoms with E-state index in [9.17, 15) is 9.59 Å². The van der Waals surface area contributed by atoms with E-state index < -0.39 is 5.97 Å². The van der Waals surface area contributed by atoms with Crippen LogP contribution in [-0.4, -0.2) is 59.9 Å². The first-order valence-corrected chi connectivity index (χ1v) is 9.22. The summed E-state index contributed by atoms with van der Waals surface area (Å²) in [6.45, 7) is 17.7. The number of carbonyl (C=O) groups excluding carboxylic acids is 1. The molecule has 0 aliphatic carbocycles. The number of allylic oxidation sites excluding steroid dienone is 1. The Balaban J connectivity index is 0.000000577. The smallest absolute Gasteiger partial charge is 0.333 e. The van der Waals surface area contributed by atoms with E-state index in [1.807, 2.05) is 13.0 Å². The van der Waals surface area contributed by atoms with Gasteiger partial charge in [-0.15, -0.1) is 0 Å². The van der Waals surface area contributed by atoms with Crippen molar-refractivity contribution in [3.8, 4) is 0 Å². The molecule has 1 saturated heterocycles. The molecule has 0 aromatic heterocycles. The van der Waals surface area contributed by atoms with Crippen LogP contribution in [0.5, 0.6) is 0 Å². The highest BCUT2D eigenvalue weighted by Gasteiger charge is 2.24. The van der Waals surface area contributed by atoms with Crippen LogP contribution in [0.1, 0.15) is 54.4 Å². The van der Waals surface area contributed by atoms with Crippen molar-refractivity contribution in [2.45, 2.75) is 72.6 Å². The van der Waals surface area contributed by atoms with Gasteiger partial charge in [0.1, 0.15) is 6.61 Å². The fraction of sp³-hybridized carbons (Fsp3) is 0.700. The van der Waals surface area contributed by atoms with Crippen LogP contribution in [0, 0.1) is 0 Å². The summed E-state index contributed by atoms with van der Waals surface area (Å²) in [7, 11) is 0. The van der Waals surface area contributed by atoms with Gasteiger partial charge in [-0.3, -0.25) is 4.90 Å². The minimum absolute atomic E-state index is 0.133. The van der Waals surface area contributed by atoms with Crippen LogP contribution in [-0.2, 0) is 19.1 Å². The van der Waals surface area contributed by atoms with E-state index in [1.165, 1.54) is 0 Å². The average molecular weight is 370 g/mol. The molecule has 0 radical (unpaired) electrons. The second kappa shape index (κ2) is 12.7. The molecule has 0 saturated carbocycles. The number of carbonyl (C=O) groups is 2. The Morgan fingerprint density at radius 2 is 1.85 bits per heavy atom. The minimum Gasteiger partial charge on any atom is -0.478 e. The van der Waals surface area contributed by atoms with E-state index in [4.69, 9.17) is 14.6 Å². The third kappa shape index (κ3) is 11.1. The molecule has 1 aliphatic heterocycles. The zero-order chi connectivity index (χ0) is 20.3. The summed E-state index contributed by atoms with van der Waals surface area (Å²) in [5.74, 6) is -1.12. The molecular weight excluding hydrogens is 334 g/mol. The number of carboxylic acids is 1. The normalized spacial score (nSPS) is 16.3. The Bertz CT molecular complexity index is 484. The Morgan fingerprint density at radius 1 is 1.31 bits per heavy atom. The fourth-order valence-corrected chi connectivity index (χ4v) is 2.41. The molecule has 1 aliphatic rings. The van der Waals surface area contributed by atoms with Crippen LogP contribution in [0.15, 0.2) is 23.8 Å². The lowest BCUT2D eigenvalue weighted by molar-refractivity contribution is -0.139. The second-order valence-corrected chi connectivity index (χ2v) is 6.92. The molecule has 1 rings (SSSR count). The quantitative estimate of drug-likeness (QED) is 0.361. The van der Waals surface area contributed by atoms with Gasteiger partial charge in [0.05, 0.1) is 12.7 Å². The number of aliphatic carboxylic acids is 1. The molecule has 1 unspecified atom stereocenters. The highest BCUT2D eigenvalue weighted by atomic mass is 16.6. The Hall–Kier alpha value is -1.66. The maximum absolute atomic E-state index is 11.5. The van der Waals surface area contributed by atoms with Crippen molar-refractivity contribution in [1.82, 2.24) is 4.90 Å². The second-order valence-electron chi connectivity index (χ2n) is 6.92. The number of hydrogen-bond acceptors (Lipinski definition) is 5. The average Bonchev–Trinajstić information content (AvgIpc) is 3.35. The van der Waals surface area contributed by atoms with Crippen LogP contribution in [0.4, 0.5) is 0 Å². The topological polar surface area (TPSA) is 79.4 Å². The number of esters is 1. The number of epoxide rings is 1. The number of ether oxygens (including phenoxy) is 2. The van der Waals surface area contributed by atoms with Crippen molar-refractivity contribution in [2.75, 3.05) is 19.8 Å². The lowest BCUT2D eigenvalue weighted by Crippen LogP contribution is -2.39. The first-order chi connectivity index (χ1) is 12.1. The molecule has 1 N–H and O–H groups in total. The molecule has 6 heteroatoms. The molecule has 0 amide bonds. The molecule has 26 heavy (non-hydrogen) atoms. The maximum Gasteiger partial charge on any atom is 0.333 e. The third-order valence-corrected chi connectivity index (χ3v) is 3.92. The van der Waals surface area contributed by atoms with E-state index in [2.05, 4.69) is 39.2 Å². The van der Waals surface area contributed by atoms with Gasteiger partial charge in [-0.25, -0.2) is 9.59 Å². The van der Waals surface area contributed by atoms with Crippen molar-refractivity contribution in [3.05, 3.63) is 23.8 Å². The molecule has 0 spiro atoms. The SMILES string of the molecule is C=C(CC1CO1)C(=O)O.CCC=C(C)C(=O)OCCN(C(C)C)C(C)C. The molecule has 0 bridgehead atoms. The van der Waals surface area contributed by atoms with Crippen molar-refractivity contribution < 1.29 is 24.2 Å². The fourth-order valence-electron chi connectivity index (χ4n) is 2.41. The van der Waals surface area contributed by atoms with Crippen molar-refractivity contribution >= 4 is 11.9 Å². The standard InChI is InChI=1S/C14H27NO2.C6H8O3/c1-7-8-13(6)14(16)17-10-9-15(11(2)3)12(4)5;1-4(6(7)8)2-5-3-9-5/h8,11-12H,7,9-10H2,1-6H3;5H,1-3H2,(H,7,8). The van der Waals surface area contributed by atoms with E-state index in [0.29, 0.717) is 37.3 Å². The van der Waals surface area contributed by atoms with Gasteiger partial charge in [-0.1, -0.05) is 19.6 Å². The lowest BCUT2D eigenvalue weighted by Gasteiger charge is -2.30. The zero-order valence-corrected chi connectivity index (χ0v) is 17.1. The lowest BCUT2D eigenvalue weighted by atomic mass is 10.2. The van der Waals surface area contributed by atoms with Gasteiger partial charge >= 0.3 is 11.9 Å². The number of rotatable bonds is 10. The summed E-state index contributed by atoms with van der Waals surface area (Å²) in [4.78, 5) is 24.0. The number of hydrogen-bond donors (Lipinski definition) is 1. The van der Waals surface area contributed by atoms with E-state index >= 15 is 0 Å². The zero-order valence-electron chi connectivity index (χ0n) is 17.1. The predicted molar refractivity (Wildman–Crippen MR) is 103 cm³/mol. The summed E-state index contributed by atoms with van der Waals surface area (Å²) < 4.78 is 10.0. The van der Waals surface area contributed by atoms with Gasteiger partial charge in [-0.2, -0.15) is 0 Å². The van der Waals surface area contributed by atoms with Gasteiger partial charge in [-0.05, 0) is 41.0 Å². The molecule has 150 valence electrons. The van der Waals surface area contributed by atoms with Crippen LogP contribution >= 0.6 is 0 Å². The number of carboxylic acid groups (broad SMARTS) is 1. The predicted octanol–water partition coefficient (Wildman–Crippen LogP) is 3.42. The van der Waals surface area contributed by atoms with Gasteiger partial charge < -0.3 is 14.6 Å². The first-order valence-electron chi connectivity index (χ1n) is 9.22. The molecule has 0 aromatic rings. The molecule has 1 heterocycles. The van der Waals surface area contributed by atoms with Crippen LogP contribution in [0.25, 0.3) is 0 Å². The highest BCUT2D eigenvalue weighted by Crippen LogP contribution is 2.17. The van der Waals surface area contributed by atoms with E-state index in [-0.39, 0.29) is 17.6 Å². The monoisotopic (exact) mass is 369 g/mol. The van der Waals surface area contributed by atoms with Crippen molar-refractivity contribution in [3.63, 3.8) is 0 Å². The molecule has 6 nitrogen and oxygen atoms in total. The van der Waals surface area contributed by atoms with Gasteiger partial charge in [0.2, 0.25) is 0 Å². The first kappa shape index (κ1) is 24.3. The van der Waals surface area contributed by atoms with Crippen LogP contribution in [0.2, 0.25) is 0 Å². The summed E-state index contributed by atoms with van der Waals surface area (Å²) in [5.41, 5.74) is 0.936. The summed E-state index contributed by atoms with van der Waals surface area (Å²) in [5, 5.41) is 8.30. The van der Waals surface area contributed by atoms with Gasteiger partial charge in [0, 0.05) is 36.2 Å². The van der Waals surface area contributed by atoms with Crippen LogP contribution < -0.4 is 0 Å². The Morgan fingerprint density at radius 3 is 2.23 bits per heavy atom. The van der Waals surface area contributed by atoms with Gasteiger partial charge in [0.25, 0.3) is 0 Å². The van der Waals surface area contributed by atoms with Crippen molar-refractivity contribution in [1.29, 1.82) is 0 Å². The maximum atomic E-state index is 11.5. The summed E-state index contributed by atoms with van der Waals surface area (Å²) >= 11 is 0. The Kier molecular flexibility index (Phi) is 11.8. The van der Waals surface area contributed by atoms with Crippen LogP contribution in [0.3, 0.4) is 0 Å². The largest absolute Gasteiger partial charge is 0.478 e. The molecule has 1 fully saturated rings.